The molecule has 2 fully saturated rings. The second kappa shape index (κ2) is 8.34. The summed E-state index contributed by atoms with van der Waals surface area (Å²) in [5.74, 6) is 0.0317. The maximum Gasteiger partial charge on any atom is 0.318 e. The molecule has 2 unspecified atom stereocenters. The second-order valence-corrected chi connectivity index (χ2v) is 6.69. The van der Waals surface area contributed by atoms with E-state index in [1.165, 1.54) is 0 Å². The van der Waals surface area contributed by atoms with Gasteiger partial charge in [-0.05, 0) is 31.7 Å². The first-order chi connectivity index (χ1) is 12.2. The highest BCUT2D eigenvalue weighted by Crippen LogP contribution is 2.28. The van der Waals surface area contributed by atoms with E-state index >= 15 is 0 Å². The van der Waals surface area contributed by atoms with Crippen LogP contribution in [0, 0.1) is 0 Å². The Kier molecular flexibility index (Phi) is 5.91. The average Bonchev–Trinajstić information content (AvgIpc) is 2.84. The third-order valence-electron chi connectivity index (χ3n) is 4.99. The summed E-state index contributed by atoms with van der Waals surface area (Å²) >= 11 is 0. The van der Waals surface area contributed by atoms with E-state index in [0.717, 1.165) is 31.4 Å². The number of rotatable bonds is 3. The van der Waals surface area contributed by atoms with Crippen LogP contribution >= 0.6 is 0 Å². The van der Waals surface area contributed by atoms with Crippen LogP contribution in [-0.4, -0.2) is 60.6 Å². The summed E-state index contributed by atoms with van der Waals surface area (Å²) in [6, 6.07) is 10.1. The van der Waals surface area contributed by atoms with Gasteiger partial charge in [-0.2, -0.15) is 0 Å². The molecule has 6 heteroatoms. The zero-order valence-corrected chi connectivity index (χ0v) is 14.8. The molecule has 0 aromatic heterocycles. The summed E-state index contributed by atoms with van der Waals surface area (Å²) in [7, 11) is 0. The van der Waals surface area contributed by atoms with Crippen molar-refractivity contribution in [2.45, 2.75) is 38.3 Å². The number of likely N-dealkylation sites (N-methyl/N-ethyl adjacent to an activating group) is 1. The van der Waals surface area contributed by atoms with E-state index in [0.29, 0.717) is 19.7 Å². The molecule has 2 aliphatic heterocycles. The fraction of sp³-hybridized carbons (Fsp3) is 0.579. The molecule has 2 saturated heterocycles. The molecule has 0 saturated carbocycles. The first kappa shape index (κ1) is 17.7. The highest BCUT2D eigenvalue weighted by Gasteiger charge is 2.28. The summed E-state index contributed by atoms with van der Waals surface area (Å²) in [5, 5.41) is 3.11. The van der Waals surface area contributed by atoms with E-state index in [2.05, 4.69) is 17.4 Å². The highest BCUT2D eigenvalue weighted by molar-refractivity contribution is 5.84. The third-order valence-corrected chi connectivity index (χ3v) is 4.99. The number of amides is 3. The lowest BCUT2D eigenvalue weighted by Crippen LogP contribution is -2.49. The number of hydrogen-bond donors (Lipinski definition) is 1. The van der Waals surface area contributed by atoms with Crippen LogP contribution in [0.4, 0.5) is 4.79 Å². The van der Waals surface area contributed by atoms with Crippen LogP contribution in [0.15, 0.2) is 30.3 Å². The van der Waals surface area contributed by atoms with Crippen molar-refractivity contribution in [1.29, 1.82) is 0 Å². The van der Waals surface area contributed by atoms with Crippen LogP contribution in [0.3, 0.4) is 0 Å². The Morgan fingerprint density at radius 3 is 2.84 bits per heavy atom. The van der Waals surface area contributed by atoms with Crippen LogP contribution in [0.2, 0.25) is 0 Å². The molecule has 25 heavy (non-hydrogen) atoms. The maximum atomic E-state index is 12.6. The zero-order chi connectivity index (χ0) is 17.6. The van der Waals surface area contributed by atoms with Crippen molar-refractivity contribution >= 4 is 11.9 Å². The van der Waals surface area contributed by atoms with Crippen LogP contribution in [0.25, 0.3) is 0 Å². The fourth-order valence-corrected chi connectivity index (χ4v) is 3.52. The SMILES string of the molecule is CCN1CCCN(C(=O)NC2CCOC(c3ccccc3)C2)CC1=O. The number of carbonyl (C=O) groups is 2. The fourth-order valence-electron chi connectivity index (χ4n) is 3.52. The normalized spacial score (nSPS) is 24.8. The van der Waals surface area contributed by atoms with Crippen molar-refractivity contribution in [3.63, 3.8) is 0 Å². The molecule has 0 bridgehead atoms. The topological polar surface area (TPSA) is 61.9 Å². The number of nitrogens with one attached hydrogen (secondary N) is 1. The van der Waals surface area contributed by atoms with Gasteiger partial charge in [0.2, 0.25) is 5.91 Å². The average molecular weight is 345 g/mol. The van der Waals surface area contributed by atoms with Crippen LogP contribution in [-0.2, 0) is 9.53 Å². The largest absolute Gasteiger partial charge is 0.373 e. The summed E-state index contributed by atoms with van der Waals surface area (Å²) < 4.78 is 5.86. The van der Waals surface area contributed by atoms with Crippen molar-refractivity contribution in [2.75, 3.05) is 32.8 Å². The van der Waals surface area contributed by atoms with E-state index in [-0.39, 0.29) is 30.6 Å². The third kappa shape index (κ3) is 4.51. The molecular formula is C19H27N3O3. The molecule has 0 spiro atoms. The predicted molar refractivity (Wildman–Crippen MR) is 95.1 cm³/mol. The number of nitrogens with zero attached hydrogens (tertiary/aromatic N) is 2. The predicted octanol–water partition coefficient (Wildman–Crippen LogP) is 2.17. The number of ether oxygens (including phenoxy) is 1. The number of urea groups is 1. The minimum absolute atomic E-state index is 0.0154. The summed E-state index contributed by atoms with van der Waals surface area (Å²) in [6.07, 6.45) is 2.41. The Hall–Kier alpha value is -2.08. The van der Waals surface area contributed by atoms with Gasteiger partial charge in [0.05, 0.1) is 6.10 Å². The first-order valence-corrected chi connectivity index (χ1v) is 9.17. The Morgan fingerprint density at radius 2 is 2.08 bits per heavy atom. The molecule has 3 amide bonds. The van der Waals surface area contributed by atoms with E-state index in [1.54, 1.807) is 4.90 Å². The van der Waals surface area contributed by atoms with Gasteiger partial charge < -0.3 is 19.9 Å². The summed E-state index contributed by atoms with van der Waals surface area (Å²) in [4.78, 5) is 28.2. The zero-order valence-electron chi connectivity index (χ0n) is 14.8. The molecule has 2 atom stereocenters. The number of carbonyl (C=O) groups excluding carboxylic acids is 2. The van der Waals surface area contributed by atoms with Gasteiger partial charge in [-0.25, -0.2) is 4.79 Å². The summed E-state index contributed by atoms with van der Waals surface area (Å²) in [6.45, 7) is 4.83. The molecule has 6 nitrogen and oxygen atoms in total. The van der Waals surface area contributed by atoms with Gasteiger partial charge in [0, 0.05) is 32.3 Å². The van der Waals surface area contributed by atoms with Crippen LogP contribution in [0.1, 0.15) is 37.9 Å². The van der Waals surface area contributed by atoms with Crippen molar-refractivity contribution in [3.8, 4) is 0 Å². The van der Waals surface area contributed by atoms with E-state index in [9.17, 15) is 9.59 Å². The molecule has 1 aromatic carbocycles. The maximum absolute atomic E-state index is 12.6. The van der Waals surface area contributed by atoms with Crippen molar-refractivity contribution in [2.24, 2.45) is 0 Å². The van der Waals surface area contributed by atoms with E-state index in [4.69, 9.17) is 4.74 Å². The molecule has 2 aliphatic rings. The Balaban J connectivity index is 1.56. The number of hydrogen-bond acceptors (Lipinski definition) is 3. The molecule has 3 rings (SSSR count). The first-order valence-electron chi connectivity index (χ1n) is 9.17. The minimum Gasteiger partial charge on any atom is -0.373 e. The Bertz CT molecular complexity index is 593. The van der Waals surface area contributed by atoms with Gasteiger partial charge in [0.25, 0.3) is 0 Å². The lowest BCUT2D eigenvalue weighted by Gasteiger charge is -2.32. The molecule has 1 N–H and O–H groups in total. The van der Waals surface area contributed by atoms with Crippen molar-refractivity contribution in [3.05, 3.63) is 35.9 Å². The summed E-state index contributed by atoms with van der Waals surface area (Å²) in [5.41, 5.74) is 1.14. The highest BCUT2D eigenvalue weighted by atomic mass is 16.5. The molecule has 136 valence electrons. The monoisotopic (exact) mass is 345 g/mol. The molecule has 0 aliphatic carbocycles. The molecular weight excluding hydrogens is 318 g/mol. The smallest absolute Gasteiger partial charge is 0.318 e. The Labute approximate surface area is 149 Å². The second-order valence-electron chi connectivity index (χ2n) is 6.69. The Morgan fingerprint density at radius 1 is 1.28 bits per heavy atom. The van der Waals surface area contributed by atoms with Crippen molar-refractivity contribution in [1.82, 2.24) is 15.1 Å². The molecule has 2 heterocycles. The lowest BCUT2D eigenvalue weighted by molar-refractivity contribution is -0.130. The van der Waals surface area contributed by atoms with Gasteiger partial charge in [0.1, 0.15) is 6.54 Å². The van der Waals surface area contributed by atoms with Crippen molar-refractivity contribution < 1.29 is 14.3 Å². The van der Waals surface area contributed by atoms with E-state index < -0.39 is 0 Å². The van der Waals surface area contributed by atoms with E-state index in [1.807, 2.05) is 30.0 Å². The van der Waals surface area contributed by atoms with Crippen LogP contribution < -0.4 is 5.32 Å². The van der Waals surface area contributed by atoms with Gasteiger partial charge in [-0.3, -0.25) is 4.79 Å². The van der Waals surface area contributed by atoms with Gasteiger partial charge in [-0.15, -0.1) is 0 Å². The number of benzene rings is 1. The minimum atomic E-state index is -0.134. The van der Waals surface area contributed by atoms with Crippen LogP contribution in [0.5, 0.6) is 0 Å². The van der Waals surface area contributed by atoms with Gasteiger partial charge in [-0.1, -0.05) is 30.3 Å². The lowest BCUT2D eigenvalue weighted by atomic mass is 9.97. The molecule has 0 radical (unpaired) electrons. The molecule has 1 aromatic rings. The van der Waals surface area contributed by atoms with Gasteiger partial charge >= 0.3 is 6.03 Å². The standard InChI is InChI=1S/C19H27N3O3/c1-2-21-10-6-11-22(14-18(21)23)19(24)20-16-9-12-25-17(13-16)15-7-4-3-5-8-15/h3-5,7-8,16-17H,2,6,9-14H2,1H3,(H,20,24). The quantitative estimate of drug-likeness (QED) is 0.913. The van der Waals surface area contributed by atoms with Gasteiger partial charge in [0.15, 0.2) is 0 Å².